The monoisotopic (exact) mass is 544 g/mol. The van der Waals surface area contributed by atoms with Gasteiger partial charge in [0.1, 0.15) is 23.3 Å². The van der Waals surface area contributed by atoms with E-state index < -0.39 is 47.2 Å². The number of esters is 2. The molecule has 0 bridgehead atoms. The topological polar surface area (TPSA) is 186 Å². The molecule has 0 radical (unpaired) electrons. The SMILES string of the molecule is CC(C)(C)OC(=O)CCC(NC(=O)N[C@@H](CCCCNC(=O)CCCCCN)C(=O)OC(C)(C)C)C(=O)O. The van der Waals surface area contributed by atoms with Crippen molar-refractivity contribution in [2.75, 3.05) is 13.1 Å². The Morgan fingerprint density at radius 3 is 1.92 bits per heavy atom. The van der Waals surface area contributed by atoms with Gasteiger partial charge in [-0.15, -0.1) is 0 Å². The van der Waals surface area contributed by atoms with Gasteiger partial charge in [0.25, 0.3) is 0 Å². The first-order valence-corrected chi connectivity index (χ1v) is 13.3. The molecule has 0 spiro atoms. The number of aliphatic carboxylic acids is 1. The summed E-state index contributed by atoms with van der Waals surface area (Å²) in [5.74, 6) is -2.61. The van der Waals surface area contributed by atoms with Crippen LogP contribution in [0.25, 0.3) is 0 Å². The minimum Gasteiger partial charge on any atom is -0.480 e. The summed E-state index contributed by atoms with van der Waals surface area (Å²) in [6.07, 6.45) is 3.91. The van der Waals surface area contributed by atoms with Crippen LogP contribution in [0.2, 0.25) is 0 Å². The molecule has 0 aliphatic heterocycles. The summed E-state index contributed by atoms with van der Waals surface area (Å²) in [6, 6.07) is -3.26. The van der Waals surface area contributed by atoms with Crippen LogP contribution < -0.4 is 21.7 Å². The van der Waals surface area contributed by atoms with E-state index in [1.807, 2.05) is 0 Å². The Hall–Kier alpha value is -2.89. The summed E-state index contributed by atoms with van der Waals surface area (Å²) in [6.45, 7) is 11.2. The Bertz CT molecular complexity index is 774. The van der Waals surface area contributed by atoms with E-state index in [0.29, 0.717) is 32.4 Å². The lowest BCUT2D eigenvalue weighted by molar-refractivity contribution is -0.157. The third kappa shape index (κ3) is 19.3. The lowest BCUT2D eigenvalue weighted by Gasteiger charge is -2.25. The molecule has 2 atom stereocenters. The second kappa shape index (κ2) is 17.6. The van der Waals surface area contributed by atoms with Crippen LogP contribution in [0.15, 0.2) is 0 Å². The van der Waals surface area contributed by atoms with Crippen LogP contribution in [0.5, 0.6) is 0 Å². The fourth-order valence-corrected chi connectivity index (χ4v) is 3.29. The molecule has 6 N–H and O–H groups in total. The molecule has 12 heteroatoms. The molecule has 0 aliphatic carbocycles. The van der Waals surface area contributed by atoms with Crippen molar-refractivity contribution in [2.45, 2.75) is 123 Å². The summed E-state index contributed by atoms with van der Waals surface area (Å²) < 4.78 is 10.6. The molecule has 38 heavy (non-hydrogen) atoms. The standard InChI is InChI=1S/C26H48N4O8/c1-25(2,3)37-21(32)15-14-18(22(33)34)29-24(36)30-19(23(35)38-26(4,5)6)12-9-11-17-28-20(31)13-8-7-10-16-27/h18-19H,7-17,27H2,1-6H3,(H,28,31)(H,33,34)(H2,29,30,36)/t18?,19-/m0/s1. The number of ether oxygens (including phenoxy) is 2. The summed E-state index contributed by atoms with van der Waals surface area (Å²) in [7, 11) is 0. The zero-order valence-electron chi connectivity index (χ0n) is 23.8. The highest BCUT2D eigenvalue weighted by atomic mass is 16.6. The predicted molar refractivity (Wildman–Crippen MR) is 142 cm³/mol. The summed E-state index contributed by atoms with van der Waals surface area (Å²) >= 11 is 0. The molecule has 0 heterocycles. The summed E-state index contributed by atoms with van der Waals surface area (Å²) in [4.78, 5) is 60.7. The second-order valence-electron chi connectivity index (χ2n) is 11.2. The summed E-state index contributed by atoms with van der Waals surface area (Å²) in [5.41, 5.74) is 3.94. The number of carbonyl (C=O) groups excluding carboxylic acids is 4. The lowest BCUT2D eigenvalue weighted by atomic mass is 10.1. The van der Waals surface area contributed by atoms with Crippen LogP contribution >= 0.6 is 0 Å². The number of amides is 3. The number of unbranched alkanes of at least 4 members (excludes halogenated alkanes) is 3. The highest BCUT2D eigenvalue weighted by Crippen LogP contribution is 2.13. The Labute approximate surface area is 226 Å². The maximum Gasteiger partial charge on any atom is 0.329 e. The van der Waals surface area contributed by atoms with E-state index in [-0.39, 0.29) is 25.2 Å². The number of carboxylic acids is 1. The largest absolute Gasteiger partial charge is 0.480 e. The maximum absolute atomic E-state index is 12.7. The Morgan fingerprint density at radius 2 is 1.37 bits per heavy atom. The molecule has 220 valence electrons. The smallest absolute Gasteiger partial charge is 0.329 e. The average molecular weight is 545 g/mol. The van der Waals surface area contributed by atoms with Crippen molar-refractivity contribution in [1.29, 1.82) is 0 Å². The quantitative estimate of drug-likeness (QED) is 0.135. The number of hydrogen-bond acceptors (Lipinski definition) is 8. The van der Waals surface area contributed by atoms with Crippen molar-refractivity contribution in [3.05, 3.63) is 0 Å². The fraction of sp³-hybridized carbons (Fsp3) is 0.808. The predicted octanol–water partition coefficient (Wildman–Crippen LogP) is 2.38. The van der Waals surface area contributed by atoms with Crippen LogP contribution in [-0.4, -0.2) is 71.3 Å². The third-order valence-corrected chi connectivity index (χ3v) is 5.01. The van der Waals surface area contributed by atoms with Gasteiger partial charge in [-0.3, -0.25) is 9.59 Å². The Morgan fingerprint density at radius 1 is 0.763 bits per heavy atom. The Kier molecular flexibility index (Phi) is 16.3. The van der Waals surface area contributed by atoms with Crippen LogP contribution in [0.4, 0.5) is 4.79 Å². The molecule has 0 saturated carbocycles. The van der Waals surface area contributed by atoms with E-state index in [1.165, 1.54) is 0 Å². The van der Waals surface area contributed by atoms with Crippen LogP contribution in [-0.2, 0) is 28.7 Å². The molecule has 1 unspecified atom stereocenters. The molecule has 0 saturated heterocycles. The van der Waals surface area contributed by atoms with Crippen molar-refractivity contribution in [3.63, 3.8) is 0 Å². The minimum atomic E-state index is -1.36. The molecule has 12 nitrogen and oxygen atoms in total. The van der Waals surface area contributed by atoms with Gasteiger partial charge >= 0.3 is 23.9 Å². The molecule has 0 rings (SSSR count). The first-order valence-electron chi connectivity index (χ1n) is 13.3. The van der Waals surface area contributed by atoms with E-state index in [9.17, 15) is 29.1 Å². The van der Waals surface area contributed by atoms with Crippen LogP contribution in [0.1, 0.15) is 99.3 Å². The van der Waals surface area contributed by atoms with Gasteiger partial charge in [-0.25, -0.2) is 14.4 Å². The normalized spacial score (nSPS) is 13.1. The van der Waals surface area contributed by atoms with Crippen molar-refractivity contribution < 1.29 is 38.6 Å². The molecule has 0 aromatic carbocycles. The number of rotatable bonds is 17. The zero-order valence-corrected chi connectivity index (χ0v) is 23.8. The number of hydrogen-bond donors (Lipinski definition) is 5. The van der Waals surface area contributed by atoms with Gasteiger partial charge in [0.05, 0.1) is 0 Å². The van der Waals surface area contributed by atoms with E-state index in [2.05, 4.69) is 16.0 Å². The average Bonchev–Trinajstić information content (AvgIpc) is 2.75. The van der Waals surface area contributed by atoms with E-state index in [0.717, 1.165) is 19.3 Å². The third-order valence-electron chi connectivity index (χ3n) is 5.01. The Balaban J connectivity index is 4.87. The lowest BCUT2D eigenvalue weighted by Crippen LogP contribution is -2.52. The number of carbonyl (C=O) groups is 5. The van der Waals surface area contributed by atoms with Crippen LogP contribution in [0.3, 0.4) is 0 Å². The molecule has 0 aromatic rings. The van der Waals surface area contributed by atoms with Gasteiger partial charge in [0.2, 0.25) is 5.91 Å². The minimum absolute atomic E-state index is 0.0469. The van der Waals surface area contributed by atoms with Crippen molar-refractivity contribution in [1.82, 2.24) is 16.0 Å². The van der Waals surface area contributed by atoms with E-state index in [4.69, 9.17) is 15.2 Å². The van der Waals surface area contributed by atoms with Crippen molar-refractivity contribution in [3.8, 4) is 0 Å². The van der Waals surface area contributed by atoms with Crippen LogP contribution in [0, 0.1) is 0 Å². The maximum atomic E-state index is 12.7. The molecular weight excluding hydrogens is 496 g/mol. The van der Waals surface area contributed by atoms with E-state index in [1.54, 1.807) is 41.5 Å². The first-order chi connectivity index (χ1) is 17.5. The van der Waals surface area contributed by atoms with Gasteiger partial charge in [0, 0.05) is 19.4 Å². The fourth-order valence-electron chi connectivity index (χ4n) is 3.29. The molecule has 0 aliphatic rings. The van der Waals surface area contributed by atoms with Gasteiger partial charge in [-0.1, -0.05) is 6.42 Å². The van der Waals surface area contributed by atoms with Crippen molar-refractivity contribution >= 4 is 29.8 Å². The van der Waals surface area contributed by atoms with E-state index >= 15 is 0 Å². The molecule has 0 fully saturated rings. The zero-order chi connectivity index (χ0) is 29.4. The number of urea groups is 1. The molecule has 0 aromatic heterocycles. The second-order valence-corrected chi connectivity index (χ2v) is 11.2. The highest BCUT2D eigenvalue weighted by Gasteiger charge is 2.29. The summed E-state index contributed by atoms with van der Waals surface area (Å²) in [5, 5.41) is 17.1. The van der Waals surface area contributed by atoms with Gasteiger partial charge < -0.3 is 36.3 Å². The number of nitrogens with one attached hydrogen (secondary N) is 3. The molecular formula is C26H48N4O8. The molecule has 3 amide bonds. The highest BCUT2D eigenvalue weighted by molar-refractivity contribution is 5.87. The van der Waals surface area contributed by atoms with Gasteiger partial charge in [-0.05, 0) is 86.6 Å². The number of nitrogens with two attached hydrogens (primary N) is 1. The van der Waals surface area contributed by atoms with Gasteiger partial charge in [0.15, 0.2) is 0 Å². The van der Waals surface area contributed by atoms with Crippen molar-refractivity contribution in [2.24, 2.45) is 5.73 Å². The number of carboxylic acid groups (broad SMARTS) is 1. The first kappa shape index (κ1) is 35.1. The van der Waals surface area contributed by atoms with Gasteiger partial charge in [-0.2, -0.15) is 0 Å².